The minimum Gasteiger partial charge on any atom is -0.497 e. The summed E-state index contributed by atoms with van der Waals surface area (Å²) in [5.74, 6) is 1.61. The lowest BCUT2D eigenvalue weighted by molar-refractivity contribution is 0.105. The van der Waals surface area contributed by atoms with Crippen LogP contribution in [0.1, 0.15) is 36.1 Å². The van der Waals surface area contributed by atoms with Crippen LogP contribution in [0.5, 0.6) is 11.5 Å². The number of nitrogens with zero attached hydrogens (tertiary/aromatic N) is 1. The van der Waals surface area contributed by atoms with E-state index in [2.05, 4.69) is 11.0 Å². The fraction of sp³-hybridized carbons (Fsp3) is 0.400. The third kappa shape index (κ3) is 4.09. The molecule has 134 valence electrons. The number of methoxy groups -OCH3 is 2. The molecule has 1 aliphatic heterocycles. The zero-order valence-electron chi connectivity index (χ0n) is 14.6. The van der Waals surface area contributed by atoms with E-state index >= 15 is 0 Å². The van der Waals surface area contributed by atoms with Crippen molar-refractivity contribution in [2.24, 2.45) is 0 Å². The Kier molecular flexibility index (Phi) is 5.84. The number of rotatable bonds is 6. The van der Waals surface area contributed by atoms with Gasteiger partial charge < -0.3 is 14.6 Å². The van der Waals surface area contributed by atoms with Crippen LogP contribution in [0.3, 0.4) is 0 Å². The fourth-order valence-electron chi connectivity index (χ4n) is 3.50. The number of benzene rings is 2. The number of aliphatic hydroxyl groups is 1. The molecule has 3 rings (SSSR count). The molecule has 0 radical (unpaired) electrons. The Labute approximate surface area is 153 Å². The van der Waals surface area contributed by atoms with Gasteiger partial charge in [0.1, 0.15) is 11.5 Å². The zero-order valence-corrected chi connectivity index (χ0v) is 15.4. The average Bonchev–Trinajstić information content (AvgIpc) is 3.09. The summed E-state index contributed by atoms with van der Waals surface area (Å²) >= 11 is 5.93. The van der Waals surface area contributed by atoms with Crippen LogP contribution in [0.25, 0.3) is 0 Å². The lowest BCUT2D eigenvalue weighted by Crippen LogP contribution is -2.28. The van der Waals surface area contributed by atoms with Crippen LogP contribution in [0, 0.1) is 0 Å². The van der Waals surface area contributed by atoms with E-state index in [1.165, 1.54) is 0 Å². The predicted octanol–water partition coefficient (Wildman–Crippen LogP) is 4.23. The first-order chi connectivity index (χ1) is 12.1. The number of halogens is 1. The van der Waals surface area contributed by atoms with Gasteiger partial charge in [0, 0.05) is 29.2 Å². The highest BCUT2D eigenvalue weighted by atomic mass is 35.5. The largest absolute Gasteiger partial charge is 0.497 e. The second-order valence-electron chi connectivity index (χ2n) is 6.33. The van der Waals surface area contributed by atoms with Crippen LogP contribution in [0.15, 0.2) is 42.5 Å². The maximum atomic E-state index is 10.6. The van der Waals surface area contributed by atoms with E-state index in [-0.39, 0.29) is 6.04 Å². The molecule has 0 bridgehead atoms. The van der Waals surface area contributed by atoms with Crippen molar-refractivity contribution >= 4 is 11.6 Å². The van der Waals surface area contributed by atoms with Gasteiger partial charge in [-0.1, -0.05) is 29.8 Å². The van der Waals surface area contributed by atoms with E-state index in [0.29, 0.717) is 11.6 Å². The van der Waals surface area contributed by atoms with Crippen molar-refractivity contribution in [2.45, 2.75) is 25.0 Å². The maximum absolute atomic E-state index is 10.6. The second kappa shape index (κ2) is 8.09. The Morgan fingerprint density at radius 1 is 1.16 bits per heavy atom. The Bertz CT molecular complexity index is 705. The fourth-order valence-corrected chi connectivity index (χ4v) is 3.63. The lowest BCUT2D eigenvalue weighted by Gasteiger charge is -2.28. The van der Waals surface area contributed by atoms with Crippen molar-refractivity contribution in [3.8, 4) is 11.5 Å². The minimum absolute atomic E-state index is 0.239. The van der Waals surface area contributed by atoms with Crippen LogP contribution in [0.2, 0.25) is 5.02 Å². The van der Waals surface area contributed by atoms with E-state index < -0.39 is 6.10 Å². The van der Waals surface area contributed by atoms with Crippen LogP contribution < -0.4 is 9.47 Å². The summed E-state index contributed by atoms with van der Waals surface area (Å²) in [5.41, 5.74) is 2.03. The van der Waals surface area contributed by atoms with Crippen molar-refractivity contribution in [3.05, 3.63) is 58.6 Å². The summed E-state index contributed by atoms with van der Waals surface area (Å²) in [6.45, 7) is 1.55. The summed E-state index contributed by atoms with van der Waals surface area (Å²) in [6.07, 6.45) is 1.62. The first kappa shape index (κ1) is 18.1. The quantitative estimate of drug-likeness (QED) is 0.836. The van der Waals surface area contributed by atoms with Gasteiger partial charge in [-0.15, -0.1) is 0 Å². The molecule has 0 aromatic heterocycles. The van der Waals surface area contributed by atoms with Gasteiger partial charge >= 0.3 is 0 Å². The summed E-state index contributed by atoms with van der Waals surface area (Å²) in [5, 5.41) is 11.3. The molecule has 1 aliphatic rings. The summed E-state index contributed by atoms with van der Waals surface area (Å²) in [4.78, 5) is 2.32. The normalized spacial score (nSPS) is 19.0. The van der Waals surface area contributed by atoms with Gasteiger partial charge in [-0.3, -0.25) is 4.90 Å². The zero-order chi connectivity index (χ0) is 17.8. The maximum Gasteiger partial charge on any atom is 0.127 e. The third-order valence-electron chi connectivity index (χ3n) is 4.83. The molecule has 1 saturated heterocycles. The van der Waals surface area contributed by atoms with E-state index in [4.69, 9.17) is 21.1 Å². The van der Waals surface area contributed by atoms with E-state index in [1.54, 1.807) is 14.2 Å². The molecule has 0 amide bonds. The van der Waals surface area contributed by atoms with Gasteiger partial charge in [0.2, 0.25) is 0 Å². The molecule has 2 unspecified atom stereocenters. The molecule has 1 fully saturated rings. The number of aliphatic hydroxyl groups excluding tert-OH is 1. The van der Waals surface area contributed by atoms with Crippen molar-refractivity contribution in [2.75, 3.05) is 27.3 Å². The van der Waals surface area contributed by atoms with Crippen LogP contribution >= 0.6 is 11.6 Å². The van der Waals surface area contributed by atoms with Crippen LogP contribution in [0.4, 0.5) is 0 Å². The standard InChI is InChI=1S/C20H24ClNO3/c1-24-16-9-10-17(20(12-16)25-2)18-4-3-11-22(18)13-19(23)14-5-7-15(21)8-6-14/h5-10,12,18-19,23H,3-4,11,13H2,1-2H3. The second-order valence-corrected chi connectivity index (χ2v) is 6.76. The van der Waals surface area contributed by atoms with Gasteiger partial charge in [0.15, 0.2) is 0 Å². The van der Waals surface area contributed by atoms with Crippen molar-refractivity contribution in [1.29, 1.82) is 0 Å². The molecular formula is C20H24ClNO3. The first-order valence-electron chi connectivity index (χ1n) is 8.52. The minimum atomic E-state index is -0.540. The first-order valence-corrected chi connectivity index (χ1v) is 8.89. The molecule has 2 aromatic carbocycles. The molecule has 0 aliphatic carbocycles. The number of likely N-dealkylation sites (tertiary alicyclic amines) is 1. The Balaban J connectivity index is 1.77. The van der Waals surface area contributed by atoms with Crippen LogP contribution in [-0.4, -0.2) is 37.3 Å². The Morgan fingerprint density at radius 3 is 2.60 bits per heavy atom. The molecule has 25 heavy (non-hydrogen) atoms. The number of ether oxygens (including phenoxy) is 2. The monoisotopic (exact) mass is 361 g/mol. The summed E-state index contributed by atoms with van der Waals surface area (Å²) in [7, 11) is 3.33. The molecule has 5 heteroatoms. The Morgan fingerprint density at radius 2 is 1.92 bits per heavy atom. The van der Waals surface area contributed by atoms with E-state index in [9.17, 15) is 5.11 Å². The number of hydrogen-bond acceptors (Lipinski definition) is 4. The average molecular weight is 362 g/mol. The summed E-state index contributed by atoms with van der Waals surface area (Å²) < 4.78 is 10.9. The molecule has 1 heterocycles. The van der Waals surface area contributed by atoms with Gasteiger partial charge in [-0.2, -0.15) is 0 Å². The van der Waals surface area contributed by atoms with E-state index in [0.717, 1.165) is 42.0 Å². The van der Waals surface area contributed by atoms with Crippen molar-refractivity contribution in [3.63, 3.8) is 0 Å². The van der Waals surface area contributed by atoms with Gasteiger partial charge in [0.05, 0.1) is 20.3 Å². The van der Waals surface area contributed by atoms with Crippen molar-refractivity contribution in [1.82, 2.24) is 4.90 Å². The van der Waals surface area contributed by atoms with E-state index in [1.807, 2.05) is 36.4 Å². The predicted molar refractivity (Wildman–Crippen MR) is 99.5 cm³/mol. The summed E-state index contributed by atoms with van der Waals surface area (Å²) in [6, 6.07) is 13.6. The third-order valence-corrected chi connectivity index (χ3v) is 5.08. The number of β-amino-alcohol motifs (C(OH)–C–C–N with tert-alkyl or cyclic N) is 1. The molecule has 2 aromatic rings. The van der Waals surface area contributed by atoms with Gasteiger partial charge in [-0.25, -0.2) is 0 Å². The molecule has 0 saturated carbocycles. The smallest absolute Gasteiger partial charge is 0.127 e. The SMILES string of the molecule is COc1ccc(C2CCCN2CC(O)c2ccc(Cl)cc2)c(OC)c1. The number of hydrogen-bond donors (Lipinski definition) is 1. The van der Waals surface area contributed by atoms with Gasteiger partial charge in [0.25, 0.3) is 0 Å². The highest BCUT2D eigenvalue weighted by molar-refractivity contribution is 6.30. The van der Waals surface area contributed by atoms with Gasteiger partial charge in [-0.05, 0) is 43.1 Å². The molecule has 0 spiro atoms. The lowest BCUT2D eigenvalue weighted by atomic mass is 10.0. The molecular weight excluding hydrogens is 338 g/mol. The van der Waals surface area contributed by atoms with Crippen molar-refractivity contribution < 1.29 is 14.6 Å². The topological polar surface area (TPSA) is 41.9 Å². The molecule has 4 nitrogen and oxygen atoms in total. The Hall–Kier alpha value is -1.75. The highest BCUT2D eigenvalue weighted by Gasteiger charge is 2.30. The molecule has 2 atom stereocenters. The molecule has 1 N–H and O–H groups in total. The van der Waals surface area contributed by atoms with Crippen LogP contribution in [-0.2, 0) is 0 Å². The highest BCUT2D eigenvalue weighted by Crippen LogP contribution is 2.39.